The van der Waals surface area contributed by atoms with Crippen LogP contribution in [0.2, 0.25) is 0 Å². The number of aliphatic hydroxyl groups is 1. The Morgan fingerprint density at radius 2 is 1.70 bits per heavy atom. The average molecular weight is 272 g/mol. The molecule has 20 heavy (non-hydrogen) atoms. The summed E-state index contributed by atoms with van der Waals surface area (Å²) in [6, 6.07) is 12.2. The summed E-state index contributed by atoms with van der Waals surface area (Å²) in [5.41, 5.74) is 1.01. The molecule has 0 aliphatic carbocycles. The van der Waals surface area contributed by atoms with Crippen LogP contribution in [0.1, 0.15) is 44.8 Å². The van der Waals surface area contributed by atoms with Crippen molar-refractivity contribution >= 4 is 10.8 Å². The summed E-state index contributed by atoms with van der Waals surface area (Å²) in [5, 5.41) is 12.6. The van der Waals surface area contributed by atoms with Crippen LogP contribution in [0.5, 0.6) is 5.75 Å². The van der Waals surface area contributed by atoms with Gasteiger partial charge in [-0.05, 0) is 46.9 Å². The Hall–Kier alpha value is -1.54. The predicted molar refractivity (Wildman–Crippen MR) is 84.1 cm³/mol. The van der Waals surface area contributed by atoms with Crippen molar-refractivity contribution in [2.24, 2.45) is 5.92 Å². The molecule has 0 amide bonds. The van der Waals surface area contributed by atoms with Crippen molar-refractivity contribution in [3.8, 4) is 5.75 Å². The lowest BCUT2D eigenvalue weighted by atomic mass is 9.98. The summed E-state index contributed by atoms with van der Waals surface area (Å²) < 4.78 is 5.23. The van der Waals surface area contributed by atoms with Crippen LogP contribution in [-0.4, -0.2) is 12.2 Å². The van der Waals surface area contributed by atoms with E-state index in [0.717, 1.165) is 34.9 Å². The maximum absolute atomic E-state index is 10.3. The molecular weight excluding hydrogens is 248 g/mol. The third kappa shape index (κ3) is 3.73. The Morgan fingerprint density at radius 3 is 2.40 bits per heavy atom. The van der Waals surface area contributed by atoms with Crippen molar-refractivity contribution in [1.82, 2.24) is 0 Å². The summed E-state index contributed by atoms with van der Waals surface area (Å²) in [6.45, 7) is 4.44. The predicted octanol–water partition coefficient (Wildman–Crippen LogP) is 4.71. The molecule has 0 spiro atoms. The van der Waals surface area contributed by atoms with Gasteiger partial charge < -0.3 is 9.84 Å². The lowest BCUT2D eigenvalue weighted by Crippen LogP contribution is -1.98. The van der Waals surface area contributed by atoms with Gasteiger partial charge in [0.05, 0.1) is 13.2 Å². The second kappa shape index (κ2) is 6.76. The van der Waals surface area contributed by atoms with E-state index in [9.17, 15) is 5.11 Å². The van der Waals surface area contributed by atoms with E-state index in [1.54, 1.807) is 7.11 Å². The molecule has 0 heterocycles. The van der Waals surface area contributed by atoms with E-state index >= 15 is 0 Å². The molecule has 2 rings (SSSR count). The minimum Gasteiger partial charge on any atom is -0.497 e. The second-order valence-electron chi connectivity index (χ2n) is 5.81. The van der Waals surface area contributed by atoms with Gasteiger partial charge in [-0.25, -0.2) is 0 Å². The molecule has 1 N–H and O–H groups in total. The Bertz CT molecular complexity index is 560. The Balaban J connectivity index is 2.10. The largest absolute Gasteiger partial charge is 0.497 e. The van der Waals surface area contributed by atoms with E-state index in [4.69, 9.17) is 4.74 Å². The first-order valence-corrected chi connectivity index (χ1v) is 7.36. The number of benzene rings is 2. The Kier molecular flexibility index (Phi) is 5.02. The first kappa shape index (κ1) is 14.9. The zero-order valence-corrected chi connectivity index (χ0v) is 12.6. The molecule has 0 fully saturated rings. The van der Waals surface area contributed by atoms with Crippen LogP contribution in [0.4, 0.5) is 0 Å². The van der Waals surface area contributed by atoms with Crippen molar-refractivity contribution in [3.05, 3.63) is 42.0 Å². The van der Waals surface area contributed by atoms with Gasteiger partial charge in [0, 0.05) is 0 Å². The van der Waals surface area contributed by atoms with Gasteiger partial charge in [-0.2, -0.15) is 0 Å². The van der Waals surface area contributed by atoms with Gasteiger partial charge in [0.25, 0.3) is 0 Å². The van der Waals surface area contributed by atoms with Gasteiger partial charge in [0.15, 0.2) is 0 Å². The molecule has 2 heteroatoms. The first-order chi connectivity index (χ1) is 9.60. The molecule has 0 saturated heterocycles. The van der Waals surface area contributed by atoms with Crippen LogP contribution in [-0.2, 0) is 0 Å². The number of hydrogen-bond donors (Lipinski definition) is 1. The molecule has 2 nitrogen and oxygen atoms in total. The molecular formula is C18H24O2. The monoisotopic (exact) mass is 272 g/mol. The highest BCUT2D eigenvalue weighted by atomic mass is 16.5. The molecule has 1 atom stereocenters. The van der Waals surface area contributed by atoms with Crippen molar-refractivity contribution in [2.75, 3.05) is 7.11 Å². The third-order valence-electron chi connectivity index (χ3n) is 3.72. The molecule has 1 unspecified atom stereocenters. The van der Waals surface area contributed by atoms with Crippen LogP contribution >= 0.6 is 0 Å². The van der Waals surface area contributed by atoms with Gasteiger partial charge in [-0.1, -0.05) is 44.9 Å². The van der Waals surface area contributed by atoms with Gasteiger partial charge in [-0.15, -0.1) is 0 Å². The molecule has 0 aliphatic rings. The third-order valence-corrected chi connectivity index (χ3v) is 3.72. The van der Waals surface area contributed by atoms with Crippen molar-refractivity contribution in [2.45, 2.75) is 39.2 Å². The number of fused-ring (bicyclic) bond motifs is 1. The zero-order chi connectivity index (χ0) is 14.5. The van der Waals surface area contributed by atoms with Crippen molar-refractivity contribution in [3.63, 3.8) is 0 Å². The molecule has 0 aromatic heterocycles. The number of methoxy groups -OCH3 is 1. The molecule has 0 radical (unpaired) electrons. The number of aliphatic hydroxyl groups excluding tert-OH is 1. The highest BCUT2D eigenvalue weighted by molar-refractivity contribution is 5.84. The van der Waals surface area contributed by atoms with Crippen LogP contribution in [0.15, 0.2) is 36.4 Å². The van der Waals surface area contributed by atoms with Crippen LogP contribution < -0.4 is 4.74 Å². The van der Waals surface area contributed by atoms with E-state index < -0.39 is 0 Å². The number of rotatable bonds is 6. The summed E-state index contributed by atoms with van der Waals surface area (Å²) in [6.07, 6.45) is 2.71. The molecule has 0 bridgehead atoms. The second-order valence-corrected chi connectivity index (χ2v) is 5.81. The summed E-state index contributed by atoms with van der Waals surface area (Å²) >= 11 is 0. The molecule has 0 saturated carbocycles. The highest BCUT2D eigenvalue weighted by Gasteiger charge is 2.09. The number of ether oxygens (including phenoxy) is 1. The fourth-order valence-electron chi connectivity index (χ4n) is 2.46. The van der Waals surface area contributed by atoms with Crippen LogP contribution in [0.3, 0.4) is 0 Å². The number of hydrogen-bond acceptors (Lipinski definition) is 2. The standard InChI is InChI=1S/C18H24O2/c1-13(2)5-4-6-18(19)16-8-7-15-12-17(20-3)10-9-14(15)11-16/h7-13,18-19H,4-6H2,1-3H3. The van der Waals surface area contributed by atoms with Gasteiger partial charge in [0.2, 0.25) is 0 Å². The van der Waals surface area contributed by atoms with E-state index in [1.807, 2.05) is 24.3 Å². The van der Waals surface area contributed by atoms with Crippen LogP contribution in [0.25, 0.3) is 10.8 Å². The normalized spacial score (nSPS) is 12.8. The molecule has 0 aliphatic heterocycles. The smallest absolute Gasteiger partial charge is 0.119 e. The Morgan fingerprint density at radius 1 is 1.00 bits per heavy atom. The maximum atomic E-state index is 10.3. The Labute approximate surface area is 121 Å². The van der Waals surface area contributed by atoms with Crippen LogP contribution in [0, 0.1) is 5.92 Å². The quantitative estimate of drug-likeness (QED) is 0.825. The first-order valence-electron chi connectivity index (χ1n) is 7.36. The van der Waals surface area contributed by atoms with Gasteiger partial charge in [-0.3, -0.25) is 0 Å². The highest BCUT2D eigenvalue weighted by Crippen LogP contribution is 2.26. The van der Waals surface area contributed by atoms with E-state index in [1.165, 1.54) is 6.42 Å². The van der Waals surface area contributed by atoms with Gasteiger partial charge in [0.1, 0.15) is 5.75 Å². The maximum Gasteiger partial charge on any atom is 0.119 e. The SMILES string of the molecule is COc1ccc2cc(C(O)CCCC(C)C)ccc2c1. The van der Waals surface area contributed by atoms with Crippen molar-refractivity contribution in [1.29, 1.82) is 0 Å². The fraction of sp³-hybridized carbons (Fsp3) is 0.444. The summed E-state index contributed by atoms with van der Waals surface area (Å²) in [4.78, 5) is 0. The fourth-order valence-corrected chi connectivity index (χ4v) is 2.46. The summed E-state index contributed by atoms with van der Waals surface area (Å²) in [7, 11) is 1.67. The van der Waals surface area contributed by atoms with Crippen molar-refractivity contribution < 1.29 is 9.84 Å². The molecule has 108 valence electrons. The van der Waals surface area contributed by atoms with E-state index in [0.29, 0.717) is 5.92 Å². The lowest BCUT2D eigenvalue weighted by molar-refractivity contribution is 0.162. The van der Waals surface area contributed by atoms with Gasteiger partial charge >= 0.3 is 0 Å². The summed E-state index contributed by atoms with van der Waals surface area (Å²) in [5.74, 6) is 1.56. The minimum absolute atomic E-state index is 0.361. The zero-order valence-electron chi connectivity index (χ0n) is 12.6. The molecule has 2 aromatic carbocycles. The topological polar surface area (TPSA) is 29.5 Å². The average Bonchev–Trinajstić information content (AvgIpc) is 2.45. The molecule has 2 aromatic rings. The van der Waals surface area contributed by atoms with E-state index in [2.05, 4.69) is 26.0 Å². The van der Waals surface area contributed by atoms with E-state index in [-0.39, 0.29) is 6.10 Å². The minimum atomic E-state index is -0.361. The lowest BCUT2D eigenvalue weighted by Gasteiger charge is -2.13.